The van der Waals surface area contributed by atoms with Gasteiger partial charge in [-0.3, -0.25) is 4.79 Å². The highest BCUT2D eigenvalue weighted by Crippen LogP contribution is 2.30. The number of aromatic nitrogens is 1. The van der Waals surface area contributed by atoms with E-state index in [1.54, 1.807) is 0 Å². The van der Waals surface area contributed by atoms with Gasteiger partial charge in [-0.1, -0.05) is 23.7 Å². The van der Waals surface area contributed by atoms with Crippen molar-refractivity contribution in [3.63, 3.8) is 0 Å². The van der Waals surface area contributed by atoms with Gasteiger partial charge < -0.3 is 9.80 Å². The Morgan fingerprint density at radius 3 is 2.67 bits per heavy atom. The second-order valence-electron chi connectivity index (χ2n) is 7.24. The lowest BCUT2D eigenvalue weighted by molar-refractivity contribution is 0.0771. The van der Waals surface area contributed by atoms with Gasteiger partial charge in [-0.2, -0.15) is 5.26 Å². The third-order valence-corrected chi connectivity index (χ3v) is 6.64. The quantitative estimate of drug-likeness (QED) is 0.579. The van der Waals surface area contributed by atoms with E-state index in [0.29, 0.717) is 22.0 Å². The summed E-state index contributed by atoms with van der Waals surface area (Å²) in [5, 5.41) is 10.4. The van der Waals surface area contributed by atoms with Gasteiger partial charge in [0, 0.05) is 42.5 Å². The van der Waals surface area contributed by atoms with Crippen molar-refractivity contribution in [3.05, 3.63) is 69.7 Å². The highest BCUT2D eigenvalue weighted by atomic mass is 35.5. The summed E-state index contributed by atoms with van der Waals surface area (Å²) >= 11 is 7.53. The van der Waals surface area contributed by atoms with Crippen LogP contribution in [0.3, 0.4) is 0 Å². The molecule has 152 valence electrons. The fourth-order valence-corrected chi connectivity index (χ4v) is 4.83. The van der Waals surface area contributed by atoms with Gasteiger partial charge in [-0.25, -0.2) is 4.98 Å². The zero-order chi connectivity index (χ0) is 21.1. The third kappa shape index (κ3) is 4.33. The first-order valence-electron chi connectivity index (χ1n) is 9.83. The van der Waals surface area contributed by atoms with E-state index in [1.807, 2.05) is 60.4 Å². The summed E-state index contributed by atoms with van der Waals surface area (Å²) in [5.74, 6) is 0.0416. The minimum absolute atomic E-state index is 0.0416. The van der Waals surface area contributed by atoms with Crippen LogP contribution in [0.25, 0.3) is 10.6 Å². The van der Waals surface area contributed by atoms with Crippen LogP contribution in [-0.2, 0) is 0 Å². The number of aryl methyl sites for hydroxylation is 1. The van der Waals surface area contributed by atoms with E-state index < -0.39 is 0 Å². The largest absolute Gasteiger partial charge is 0.370 e. The summed E-state index contributed by atoms with van der Waals surface area (Å²) in [6.07, 6.45) is 0.894. The molecule has 7 heteroatoms. The Balaban J connectivity index is 1.48. The van der Waals surface area contributed by atoms with E-state index in [2.05, 4.69) is 16.0 Å². The van der Waals surface area contributed by atoms with Gasteiger partial charge in [-0.05, 0) is 49.7 Å². The Hall–Kier alpha value is -2.88. The summed E-state index contributed by atoms with van der Waals surface area (Å²) in [6.45, 7) is 4.90. The van der Waals surface area contributed by atoms with Crippen molar-refractivity contribution in [2.24, 2.45) is 0 Å². The van der Waals surface area contributed by atoms with Crippen LogP contribution in [-0.4, -0.2) is 42.0 Å². The van der Waals surface area contributed by atoms with Gasteiger partial charge in [0.1, 0.15) is 9.88 Å². The van der Waals surface area contributed by atoms with E-state index in [4.69, 9.17) is 16.9 Å². The minimum Gasteiger partial charge on any atom is -0.370 e. The summed E-state index contributed by atoms with van der Waals surface area (Å²) in [6, 6.07) is 17.3. The number of hydrogen-bond donors (Lipinski definition) is 0. The molecule has 0 bridgehead atoms. The summed E-state index contributed by atoms with van der Waals surface area (Å²) in [7, 11) is 0. The summed E-state index contributed by atoms with van der Waals surface area (Å²) < 4.78 is 0. The molecule has 0 aliphatic carbocycles. The van der Waals surface area contributed by atoms with E-state index in [1.165, 1.54) is 11.3 Å². The van der Waals surface area contributed by atoms with Gasteiger partial charge in [0.25, 0.3) is 5.91 Å². The van der Waals surface area contributed by atoms with Crippen molar-refractivity contribution in [3.8, 4) is 16.6 Å². The first-order valence-corrected chi connectivity index (χ1v) is 11.0. The maximum Gasteiger partial charge on any atom is 0.265 e. The molecule has 1 aliphatic rings. The molecular weight excluding hydrogens is 416 g/mol. The van der Waals surface area contributed by atoms with Crippen LogP contribution in [0.5, 0.6) is 0 Å². The van der Waals surface area contributed by atoms with E-state index in [0.717, 1.165) is 48.0 Å². The minimum atomic E-state index is 0.0416. The van der Waals surface area contributed by atoms with Crippen LogP contribution in [0.4, 0.5) is 5.69 Å². The molecule has 1 aliphatic heterocycles. The van der Waals surface area contributed by atoms with Crippen LogP contribution >= 0.6 is 22.9 Å². The van der Waals surface area contributed by atoms with Crippen LogP contribution in [0.2, 0.25) is 5.02 Å². The second-order valence-corrected chi connectivity index (χ2v) is 8.67. The second kappa shape index (κ2) is 8.86. The normalized spacial score (nSPS) is 14.3. The van der Waals surface area contributed by atoms with Crippen LogP contribution < -0.4 is 4.90 Å². The molecular formula is C23H21ClN4OS. The smallest absolute Gasteiger partial charge is 0.265 e. The first kappa shape index (κ1) is 20.4. The predicted octanol–water partition coefficient (Wildman–Crippen LogP) is 5.00. The highest BCUT2D eigenvalue weighted by Gasteiger charge is 2.24. The number of nitriles is 1. The van der Waals surface area contributed by atoms with Crippen LogP contribution in [0, 0.1) is 18.3 Å². The molecule has 5 nitrogen and oxygen atoms in total. The Morgan fingerprint density at radius 2 is 1.93 bits per heavy atom. The van der Waals surface area contributed by atoms with Crippen LogP contribution in [0.15, 0.2) is 48.5 Å². The molecule has 0 radical (unpaired) electrons. The topological polar surface area (TPSA) is 60.2 Å². The number of benzene rings is 2. The average molecular weight is 437 g/mol. The molecule has 0 spiro atoms. The van der Waals surface area contributed by atoms with Crippen molar-refractivity contribution < 1.29 is 4.79 Å². The molecule has 30 heavy (non-hydrogen) atoms. The number of carbonyl (C=O) groups is 1. The van der Waals surface area contributed by atoms with E-state index >= 15 is 0 Å². The number of anilines is 1. The van der Waals surface area contributed by atoms with Crippen molar-refractivity contribution in [1.82, 2.24) is 9.88 Å². The number of carbonyl (C=O) groups excluding carboxylic acids is 1. The van der Waals surface area contributed by atoms with Crippen molar-refractivity contribution in [1.29, 1.82) is 5.26 Å². The zero-order valence-corrected chi connectivity index (χ0v) is 18.2. The standard InChI is InChI=1S/C23H21ClN4OS/c1-16-21(30-22(26-16)18-4-2-5-19(24)14-18)23(29)28-11-3-10-27(12-13-28)20-8-6-17(15-25)7-9-20/h2,4-9,14H,3,10-13H2,1H3. The maximum absolute atomic E-state index is 13.2. The lowest BCUT2D eigenvalue weighted by Crippen LogP contribution is -2.35. The Kier molecular flexibility index (Phi) is 6.03. The molecule has 0 atom stereocenters. The van der Waals surface area contributed by atoms with Crippen LogP contribution in [0.1, 0.15) is 27.3 Å². The van der Waals surface area contributed by atoms with Gasteiger partial charge in [0.2, 0.25) is 0 Å². The molecule has 2 aromatic carbocycles. The fourth-order valence-electron chi connectivity index (χ4n) is 3.61. The van der Waals surface area contributed by atoms with Crippen molar-refractivity contribution in [2.75, 3.05) is 31.1 Å². The van der Waals surface area contributed by atoms with Crippen molar-refractivity contribution in [2.45, 2.75) is 13.3 Å². The van der Waals surface area contributed by atoms with E-state index in [9.17, 15) is 4.79 Å². The number of amides is 1. The zero-order valence-electron chi connectivity index (χ0n) is 16.6. The molecule has 1 aromatic heterocycles. The Bertz CT molecular complexity index is 1100. The molecule has 0 saturated carbocycles. The molecule has 1 saturated heterocycles. The molecule has 0 unspecified atom stereocenters. The molecule has 3 aromatic rings. The predicted molar refractivity (Wildman–Crippen MR) is 121 cm³/mol. The van der Waals surface area contributed by atoms with E-state index in [-0.39, 0.29) is 5.91 Å². The lowest BCUT2D eigenvalue weighted by atomic mass is 10.2. The first-order chi connectivity index (χ1) is 14.5. The van der Waals surface area contributed by atoms with Gasteiger partial charge in [-0.15, -0.1) is 11.3 Å². The Labute approximate surface area is 185 Å². The highest BCUT2D eigenvalue weighted by molar-refractivity contribution is 7.17. The number of nitrogens with zero attached hydrogens (tertiary/aromatic N) is 4. The lowest BCUT2D eigenvalue weighted by Gasteiger charge is -2.23. The Morgan fingerprint density at radius 1 is 1.13 bits per heavy atom. The molecule has 1 fully saturated rings. The third-order valence-electron chi connectivity index (χ3n) is 5.21. The molecule has 4 rings (SSSR count). The summed E-state index contributed by atoms with van der Waals surface area (Å²) in [4.78, 5) is 22.7. The number of halogens is 1. The maximum atomic E-state index is 13.2. The average Bonchev–Trinajstić information content (AvgIpc) is 2.99. The number of hydrogen-bond acceptors (Lipinski definition) is 5. The molecule has 2 heterocycles. The van der Waals surface area contributed by atoms with Crippen molar-refractivity contribution >= 4 is 34.5 Å². The van der Waals surface area contributed by atoms with Gasteiger partial charge >= 0.3 is 0 Å². The van der Waals surface area contributed by atoms with Gasteiger partial charge in [0.15, 0.2) is 0 Å². The SMILES string of the molecule is Cc1nc(-c2cccc(Cl)c2)sc1C(=O)N1CCCN(c2ccc(C#N)cc2)CC1. The molecule has 0 N–H and O–H groups in total. The monoisotopic (exact) mass is 436 g/mol. The fraction of sp³-hybridized carbons (Fsp3) is 0.261. The summed E-state index contributed by atoms with van der Waals surface area (Å²) in [5.41, 5.74) is 3.42. The molecule has 1 amide bonds. The van der Waals surface area contributed by atoms with Gasteiger partial charge in [0.05, 0.1) is 17.3 Å². The number of rotatable bonds is 3. The number of thiazole rings is 1.